The van der Waals surface area contributed by atoms with Gasteiger partial charge in [-0.25, -0.2) is 0 Å². The van der Waals surface area contributed by atoms with Gasteiger partial charge in [-0.1, -0.05) is 0 Å². The van der Waals surface area contributed by atoms with Crippen LogP contribution in [0.4, 0.5) is 5.82 Å². The number of hydrogen-bond donors (Lipinski definition) is 0. The van der Waals surface area contributed by atoms with Crippen LogP contribution in [-0.2, 0) is 11.3 Å². The average Bonchev–Trinajstić information content (AvgIpc) is 3.15. The molecular weight excluding hydrogens is 306 g/mol. The molecule has 2 aromatic rings. The fourth-order valence-corrected chi connectivity index (χ4v) is 2.87. The van der Waals surface area contributed by atoms with Crippen LogP contribution in [0.25, 0.3) is 0 Å². The maximum absolute atomic E-state index is 12.3. The van der Waals surface area contributed by atoms with E-state index in [2.05, 4.69) is 19.7 Å². The Kier molecular flexibility index (Phi) is 5.30. The molecule has 0 unspecified atom stereocenters. The van der Waals surface area contributed by atoms with Gasteiger partial charge in [-0.2, -0.15) is 0 Å². The number of methoxy groups -OCH3 is 1. The van der Waals surface area contributed by atoms with Crippen LogP contribution >= 0.6 is 0 Å². The molecule has 3 heterocycles. The van der Waals surface area contributed by atoms with Gasteiger partial charge in [-0.15, -0.1) is 10.2 Å². The highest BCUT2D eigenvalue weighted by atomic mass is 16.5. The summed E-state index contributed by atoms with van der Waals surface area (Å²) in [4.78, 5) is 16.4. The Bertz CT molecular complexity index is 634. The average molecular weight is 329 g/mol. The zero-order valence-corrected chi connectivity index (χ0v) is 14.0. The molecule has 24 heavy (non-hydrogen) atoms. The SMILES string of the molecule is COc1ccc(N2CCN(C(=O)CCCn3cccc3)CC2)nn1. The van der Waals surface area contributed by atoms with Crippen molar-refractivity contribution in [1.29, 1.82) is 0 Å². The molecule has 2 aromatic heterocycles. The van der Waals surface area contributed by atoms with Gasteiger partial charge in [0.2, 0.25) is 11.8 Å². The first kappa shape index (κ1) is 16.3. The van der Waals surface area contributed by atoms with Crippen molar-refractivity contribution < 1.29 is 9.53 Å². The molecule has 0 N–H and O–H groups in total. The van der Waals surface area contributed by atoms with Crippen LogP contribution in [0.2, 0.25) is 0 Å². The molecule has 0 aliphatic carbocycles. The number of rotatable bonds is 6. The third kappa shape index (κ3) is 4.04. The van der Waals surface area contributed by atoms with E-state index in [9.17, 15) is 4.79 Å². The number of carbonyl (C=O) groups is 1. The minimum absolute atomic E-state index is 0.239. The molecule has 1 fully saturated rings. The van der Waals surface area contributed by atoms with Crippen molar-refractivity contribution in [2.45, 2.75) is 19.4 Å². The number of amides is 1. The number of ether oxygens (including phenoxy) is 1. The third-order valence-electron chi connectivity index (χ3n) is 4.26. The molecule has 1 aliphatic rings. The summed E-state index contributed by atoms with van der Waals surface area (Å²) in [5, 5.41) is 8.16. The van der Waals surface area contributed by atoms with Gasteiger partial charge in [0.15, 0.2) is 5.82 Å². The van der Waals surface area contributed by atoms with Crippen LogP contribution in [0.5, 0.6) is 5.88 Å². The molecule has 3 rings (SSSR count). The van der Waals surface area contributed by atoms with E-state index in [4.69, 9.17) is 4.74 Å². The van der Waals surface area contributed by atoms with Crippen LogP contribution in [-0.4, -0.2) is 58.9 Å². The van der Waals surface area contributed by atoms with Crippen molar-refractivity contribution in [3.8, 4) is 5.88 Å². The summed E-state index contributed by atoms with van der Waals surface area (Å²) < 4.78 is 7.13. The van der Waals surface area contributed by atoms with Gasteiger partial charge in [-0.3, -0.25) is 4.79 Å². The van der Waals surface area contributed by atoms with Gasteiger partial charge >= 0.3 is 0 Å². The number of piperazine rings is 1. The van der Waals surface area contributed by atoms with Crippen molar-refractivity contribution >= 4 is 11.7 Å². The van der Waals surface area contributed by atoms with E-state index in [0.29, 0.717) is 12.3 Å². The van der Waals surface area contributed by atoms with E-state index >= 15 is 0 Å². The molecule has 128 valence electrons. The molecule has 7 nitrogen and oxygen atoms in total. The predicted molar refractivity (Wildman–Crippen MR) is 91.0 cm³/mol. The molecule has 0 saturated carbocycles. The van der Waals surface area contributed by atoms with Gasteiger partial charge in [0.25, 0.3) is 0 Å². The van der Waals surface area contributed by atoms with Crippen molar-refractivity contribution in [3.05, 3.63) is 36.7 Å². The zero-order chi connectivity index (χ0) is 16.8. The van der Waals surface area contributed by atoms with E-state index in [1.165, 1.54) is 0 Å². The van der Waals surface area contributed by atoms with E-state index in [1.807, 2.05) is 35.5 Å². The quantitative estimate of drug-likeness (QED) is 0.802. The van der Waals surface area contributed by atoms with Crippen LogP contribution < -0.4 is 9.64 Å². The second-order valence-electron chi connectivity index (χ2n) is 5.83. The normalized spacial score (nSPS) is 14.7. The number of nitrogens with zero attached hydrogens (tertiary/aromatic N) is 5. The predicted octanol–water partition coefficient (Wildman–Crippen LogP) is 1.42. The van der Waals surface area contributed by atoms with Crippen molar-refractivity contribution in [2.24, 2.45) is 0 Å². The standard InChI is InChI=1S/C17H23N5O2/c1-24-16-7-6-15(18-19-16)21-11-13-22(14-12-21)17(23)5-4-10-20-8-2-3-9-20/h2-3,6-9H,4-5,10-14H2,1H3. The minimum atomic E-state index is 0.239. The summed E-state index contributed by atoms with van der Waals surface area (Å²) in [6.45, 7) is 3.92. The van der Waals surface area contributed by atoms with E-state index in [1.54, 1.807) is 13.2 Å². The molecule has 0 radical (unpaired) electrons. The van der Waals surface area contributed by atoms with Crippen molar-refractivity contribution in [3.63, 3.8) is 0 Å². The van der Waals surface area contributed by atoms with Crippen molar-refractivity contribution in [2.75, 3.05) is 38.2 Å². The number of aromatic nitrogens is 3. The van der Waals surface area contributed by atoms with Gasteiger partial charge in [-0.05, 0) is 24.6 Å². The second kappa shape index (κ2) is 7.81. The second-order valence-corrected chi connectivity index (χ2v) is 5.83. The molecule has 0 aromatic carbocycles. The number of aryl methyl sites for hydroxylation is 1. The summed E-state index contributed by atoms with van der Waals surface area (Å²) in [7, 11) is 1.57. The van der Waals surface area contributed by atoms with Crippen LogP contribution in [0.15, 0.2) is 36.7 Å². The van der Waals surface area contributed by atoms with Crippen LogP contribution in [0.1, 0.15) is 12.8 Å². The molecule has 0 bridgehead atoms. The monoisotopic (exact) mass is 329 g/mol. The number of carbonyl (C=O) groups excluding carboxylic acids is 1. The first-order valence-electron chi connectivity index (χ1n) is 8.27. The van der Waals surface area contributed by atoms with Crippen LogP contribution in [0.3, 0.4) is 0 Å². The fraction of sp³-hybridized carbons (Fsp3) is 0.471. The summed E-state index contributed by atoms with van der Waals surface area (Å²) >= 11 is 0. The summed E-state index contributed by atoms with van der Waals surface area (Å²) in [6, 6.07) is 7.72. The van der Waals surface area contributed by atoms with Gasteiger partial charge < -0.3 is 19.1 Å². The number of anilines is 1. The maximum Gasteiger partial charge on any atom is 0.233 e. The molecule has 1 saturated heterocycles. The lowest BCUT2D eigenvalue weighted by Gasteiger charge is -2.35. The summed E-state index contributed by atoms with van der Waals surface area (Å²) in [5.74, 6) is 1.58. The molecule has 0 spiro atoms. The minimum Gasteiger partial charge on any atom is -0.480 e. The Morgan fingerprint density at radius 2 is 1.88 bits per heavy atom. The van der Waals surface area contributed by atoms with E-state index in [0.717, 1.165) is 45.0 Å². The molecular formula is C17H23N5O2. The Labute approximate surface area is 141 Å². The fourth-order valence-electron chi connectivity index (χ4n) is 2.87. The largest absolute Gasteiger partial charge is 0.480 e. The Balaban J connectivity index is 1.43. The molecule has 1 amide bonds. The lowest BCUT2D eigenvalue weighted by Crippen LogP contribution is -2.49. The highest BCUT2D eigenvalue weighted by molar-refractivity contribution is 5.76. The first-order valence-corrected chi connectivity index (χ1v) is 8.27. The van der Waals surface area contributed by atoms with Gasteiger partial charge in [0.05, 0.1) is 7.11 Å². The lowest BCUT2D eigenvalue weighted by atomic mass is 10.2. The maximum atomic E-state index is 12.3. The first-order chi connectivity index (χ1) is 11.8. The van der Waals surface area contributed by atoms with Crippen LogP contribution in [0, 0.1) is 0 Å². The smallest absolute Gasteiger partial charge is 0.233 e. The molecule has 0 atom stereocenters. The Hall–Kier alpha value is -2.57. The molecule has 7 heteroatoms. The zero-order valence-electron chi connectivity index (χ0n) is 14.0. The Morgan fingerprint density at radius 3 is 2.50 bits per heavy atom. The van der Waals surface area contributed by atoms with Gasteiger partial charge in [0.1, 0.15) is 0 Å². The number of hydrogen-bond acceptors (Lipinski definition) is 5. The van der Waals surface area contributed by atoms with Crippen molar-refractivity contribution in [1.82, 2.24) is 19.7 Å². The van der Waals surface area contributed by atoms with E-state index < -0.39 is 0 Å². The Morgan fingerprint density at radius 1 is 1.12 bits per heavy atom. The lowest BCUT2D eigenvalue weighted by molar-refractivity contribution is -0.131. The van der Waals surface area contributed by atoms with Gasteiger partial charge in [0, 0.05) is 57.6 Å². The molecule has 1 aliphatic heterocycles. The highest BCUT2D eigenvalue weighted by Gasteiger charge is 2.21. The highest BCUT2D eigenvalue weighted by Crippen LogP contribution is 2.15. The van der Waals surface area contributed by atoms with E-state index in [-0.39, 0.29) is 5.91 Å². The third-order valence-corrected chi connectivity index (χ3v) is 4.26. The topological polar surface area (TPSA) is 63.5 Å². The summed E-state index contributed by atoms with van der Waals surface area (Å²) in [5.41, 5.74) is 0. The summed E-state index contributed by atoms with van der Waals surface area (Å²) in [6.07, 6.45) is 5.52.